The third-order valence-corrected chi connectivity index (χ3v) is 4.20. The first-order chi connectivity index (χ1) is 13.8. The molecule has 0 aliphatic rings. The molecule has 2 rings (SSSR count). The number of carbonyl (C=O) groups is 3. The van der Waals surface area contributed by atoms with E-state index in [0.29, 0.717) is 35.2 Å². The summed E-state index contributed by atoms with van der Waals surface area (Å²) in [6.07, 6.45) is 0.609. The summed E-state index contributed by atoms with van der Waals surface area (Å²) in [5, 5.41) is 5.91. The van der Waals surface area contributed by atoms with Crippen LogP contribution in [0.25, 0.3) is 0 Å². The second kappa shape index (κ2) is 11.1. The van der Waals surface area contributed by atoms with E-state index in [2.05, 4.69) is 10.6 Å². The maximum absolute atomic E-state index is 11.9. The van der Waals surface area contributed by atoms with Crippen LogP contribution >= 0.6 is 11.6 Å². The van der Waals surface area contributed by atoms with Crippen LogP contribution in [0.15, 0.2) is 42.5 Å². The molecule has 0 aromatic heterocycles. The van der Waals surface area contributed by atoms with Crippen molar-refractivity contribution in [3.8, 4) is 5.75 Å². The first-order valence-corrected chi connectivity index (χ1v) is 9.43. The molecule has 0 saturated carbocycles. The average molecular weight is 419 g/mol. The van der Waals surface area contributed by atoms with Crippen LogP contribution in [-0.2, 0) is 19.1 Å². The molecule has 154 valence electrons. The Morgan fingerprint density at radius 3 is 2.28 bits per heavy atom. The lowest BCUT2D eigenvalue weighted by Crippen LogP contribution is -2.21. The number of halogens is 1. The number of ether oxygens (including phenoxy) is 2. The molecular formula is C21H23ClN2O5. The summed E-state index contributed by atoms with van der Waals surface area (Å²) in [5.74, 6) is -0.415. The summed E-state index contributed by atoms with van der Waals surface area (Å²) in [7, 11) is 0. The third-order valence-electron chi connectivity index (χ3n) is 3.78. The molecule has 0 bridgehead atoms. The molecule has 0 fully saturated rings. The Morgan fingerprint density at radius 1 is 1.00 bits per heavy atom. The van der Waals surface area contributed by atoms with Gasteiger partial charge in [0, 0.05) is 29.7 Å². The number of hydrogen-bond donors (Lipinski definition) is 2. The molecule has 8 heteroatoms. The molecule has 0 unspecified atom stereocenters. The highest BCUT2D eigenvalue weighted by Gasteiger charge is 2.08. The Labute approximate surface area is 174 Å². The Morgan fingerprint density at radius 2 is 1.66 bits per heavy atom. The summed E-state index contributed by atoms with van der Waals surface area (Å²) in [6, 6.07) is 11.9. The maximum Gasteiger partial charge on any atom is 0.306 e. The summed E-state index contributed by atoms with van der Waals surface area (Å²) in [4.78, 5) is 34.6. The summed E-state index contributed by atoms with van der Waals surface area (Å²) < 4.78 is 10.5. The summed E-state index contributed by atoms with van der Waals surface area (Å²) in [6.45, 7) is 3.27. The second-order valence-corrected chi connectivity index (χ2v) is 6.74. The highest BCUT2D eigenvalue weighted by Crippen LogP contribution is 2.21. The lowest BCUT2D eigenvalue weighted by molar-refractivity contribution is -0.147. The van der Waals surface area contributed by atoms with E-state index in [9.17, 15) is 14.4 Å². The van der Waals surface area contributed by atoms with E-state index < -0.39 is 11.9 Å². The van der Waals surface area contributed by atoms with Crippen LogP contribution < -0.4 is 15.4 Å². The Balaban J connectivity index is 1.63. The first-order valence-electron chi connectivity index (χ1n) is 9.05. The molecule has 2 N–H and O–H groups in total. The molecule has 2 amide bonds. The van der Waals surface area contributed by atoms with E-state index in [1.54, 1.807) is 36.4 Å². The highest BCUT2D eigenvalue weighted by molar-refractivity contribution is 6.31. The van der Waals surface area contributed by atoms with E-state index in [0.717, 1.165) is 5.56 Å². The van der Waals surface area contributed by atoms with Crippen LogP contribution in [0.3, 0.4) is 0 Å². The zero-order valence-corrected chi connectivity index (χ0v) is 17.0. The number of rotatable bonds is 9. The van der Waals surface area contributed by atoms with Gasteiger partial charge in [0.25, 0.3) is 5.91 Å². The number of aryl methyl sites for hydroxylation is 1. The van der Waals surface area contributed by atoms with Gasteiger partial charge in [-0.05, 0) is 61.4 Å². The van der Waals surface area contributed by atoms with Crippen LogP contribution in [0.2, 0.25) is 5.02 Å². The van der Waals surface area contributed by atoms with Gasteiger partial charge in [0.15, 0.2) is 6.61 Å². The van der Waals surface area contributed by atoms with Crippen molar-refractivity contribution >= 4 is 40.8 Å². The van der Waals surface area contributed by atoms with Crippen LogP contribution in [0.4, 0.5) is 11.4 Å². The van der Waals surface area contributed by atoms with Gasteiger partial charge < -0.3 is 20.1 Å². The van der Waals surface area contributed by atoms with Crippen LogP contribution in [0, 0.1) is 6.92 Å². The molecule has 29 heavy (non-hydrogen) atoms. The predicted octanol–water partition coefficient (Wildman–Crippen LogP) is 3.95. The van der Waals surface area contributed by atoms with Crippen molar-refractivity contribution in [1.29, 1.82) is 0 Å². The van der Waals surface area contributed by atoms with Crippen molar-refractivity contribution in [3.63, 3.8) is 0 Å². The van der Waals surface area contributed by atoms with E-state index in [1.165, 1.54) is 6.92 Å². The van der Waals surface area contributed by atoms with Crippen LogP contribution in [-0.4, -0.2) is 31.0 Å². The fourth-order valence-corrected chi connectivity index (χ4v) is 2.49. The number of carbonyl (C=O) groups excluding carboxylic acids is 3. The largest absolute Gasteiger partial charge is 0.494 e. The quantitative estimate of drug-likeness (QED) is 0.475. The minimum Gasteiger partial charge on any atom is -0.494 e. The molecule has 0 heterocycles. The highest BCUT2D eigenvalue weighted by atomic mass is 35.5. The van der Waals surface area contributed by atoms with Gasteiger partial charge in [-0.3, -0.25) is 14.4 Å². The molecular weight excluding hydrogens is 396 g/mol. The lowest BCUT2D eigenvalue weighted by atomic mass is 10.2. The maximum atomic E-state index is 11.9. The molecule has 2 aromatic carbocycles. The molecule has 0 radical (unpaired) electrons. The normalized spacial score (nSPS) is 10.2. The van der Waals surface area contributed by atoms with Gasteiger partial charge in [-0.2, -0.15) is 0 Å². The fraction of sp³-hybridized carbons (Fsp3) is 0.286. The van der Waals surface area contributed by atoms with Crippen LogP contribution in [0.1, 0.15) is 25.3 Å². The molecule has 0 atom stereocenters. The van der Waals surface area contributed by atoms with E-state index in [-0.39, 0.29) is 18.9 Å². The number of hydrogen-bond acceptors (Lipinski definition) is 5. The minimum atomic E-state index is -0.475. The van der Waals surface area contributed by atoms with Gasteiger partial charge in [0.1, 0.15) is 5.75 Å². The topological polar surface area (TPSA) is 93.7 Å². The SMILES string of the molecule is CC(=O)Nc1ccc(NC(=O)COC(=O)CCCOc2ccc(Cl)c(C)c2)cc1. The van der Waals surface area contributed by atoms with Gasteiger partial charge in [0.2, 0.25) is 5.91 Å². The van der Waals surface area contributed by atoms with Crippen molar-refractivity contribution < 1.29 is 23.9 Å². The van der Waals surface area contributed by atoms with E-state index >= 15 is 0 Å². The van der Waals surface area contributed by atoms with Gasteiger partial charge in [-0.25, -0.2) is 0 Å². The second-order valence-electron chi connectivity index (χ2n) is 6.33. The predicted molar refractivity (Wildman–Crippen MR) is 111 cm³/mol. The number of benzene rings is 2. The molecule has 7 nitrogen and oxygen atoms in total. The Hall–Kier alpha value is -3.06. The molecule has 2 aromatic rings. The smallest absolute Gasteiger partial charge is 0.306 e. The zero-order valence-electron chi connectivity index (χ0n) is 16.3. The zero-order chi connectivity index (χ0) is 21.2. The van der Waals surface area contributed by atoms with Crippen molar-refractivity contribution in [2.75, 3.05) is 23.8 Å². The number of nitrogens with one attached hydrogen (secondary N) is 2. The Kier molecular flexibility index (Phi) is 8.48. The standard InChI is InChI=1S/C21H23ClN2O5/c1-14-12-18(9-10-19(14)22)28-11-3-4-21(27)29-13-20(26)24-17-7-5-16(6-8-17)23-15(2)25/h5-10,12H,3-4,11,13H2,1-2H3,(H,23,25)(H,24,26). The lowest BCUT2D eigenvalue weighted by Gasteiger charge is -2.09. The monoisotopic (exact) mass is 418 g/mol. The molecule has 0 aliphatic heterocycles. The molecule has 0 aliphatic carbocycles. The van der Waals surface area contributed by atoms with E-state index in [1.807, 2.05) is 13.0 Å². The number of esters is 1. The van der Waals surface area contributed by atoms with Gasteiger partial charge >= 0.3 is 5.97 Å². The first kappa shape index (κ1) is 22.2. The van der Waals surface area contributed by atoms with E-state index in [4.69, 9.17) is 21.1 Å². The van der Waals surface area contributed by atoms with Crippen LogP contribution in [0.5, 0.6) is 5.75 Å². The van der Waals surface area contributed by atoms with Gasteiger partial charge in [-0.1, -0.05) is 11.6 Å². The van der Waals surface area contributed by atoms with Crippen molar-refractivity contribution in [2.45, 2.75) is 26.7 Å². The average Bonchev–Trinajstić information content (AvgIpc) is 2.67. The summed E-state index contributed by atoms with van der Waals surface area (Å²) in [5.41, 5.74) is 2.07. The third kappa shape index (κ3) is 8.23. The van der Waals surface area contributed by atoms with Crippen molar-refractivity contribution in [3.05, 3.63) is 53.1 Å². The fourth-order valence-electron chi connectivity index (χ4n) is 2.37. The van der Waals surface area contributed by atoms with Crippen molar-refractivity contribution in [1.82, 2.24) is 0 Å². The van der Waals surface area contributed by atoms with Gasteiger partial charge in [-0.15, -0.1) is 0 Å². The number of amides is 2. The summed E-state index contributed by atoms with van der Waals surface area (Å²) >= 11 is 5.96. The minimum absolute atomic E-state index is 0.144. The Bertz CT molecular complexity index is 868. The molecule has 0 saturated heterocycles. The van der Waals surface area contributed by atoms with Gasteiger partial charge in [0.05, 0.1) is 6.61 Å². The molecule has 0 spiro atoms. The van der Waals surface area contributed by atoms with Crippen molar-refractivity contribution in [2.24, 2.45) is 0 Å². The number of anilines is 2.